The van der Waals surface area contributed by atoms with Gasteiger partial charge in [-0.1, -0.05) is 23.7 Å². The van der Waals surface area contributed by atoms with Crippen molar-refractivity contribution in [2.75, 3.05) is 12.4 Å². The summed E-state index contributed by atoms with van der Waals surface area (Å²) >= 11 is 6.98. The number of alkyl halides is 3. The summed E-state index contributed by atoms with van der Waals surface area (Å²) in [5.41, 5.74) is 0.947. The Morgan fingerprint density at radius 1 is 1.19 bits per heavy atom. The van der Waals surface area contributed by atoms with Crippen LogP contribution in [0.2, 0.25) is 5.02 Å². The highest BCUT2D eigenvalue weighted by molar-refractivity contribution is 7.98. The zero-order valence-corrected chi connectivity index (χ0v) is 12.5. The maximum atomic E-state index is 12.7. The lowest BCUT2D eigenvalue weighted by atomic mass is 10.2. The largest absolute Gasteiger partial charge is 0.451 e. The van der Waals surface area contributed by atoms with Gasteiger partial charge in [0.05, 0.1) is 0 Å². The fourth-order valence-electron chi connectivity index (χ4n) is 1.49. The van der Waals surface area contributed by atoms with Gasteiger partial charge in [-0.05, 0) is 17.7 Å². The summed E-state index contributed by atoms with van der Waals surface area (Å²) in [6.45, 7) is 0. The van der Waals surface area contributed by atoms with Crippen LogP contribution in [-0.4, -0.2) is 17.0 Å². The number of benzene rings is 1. The molecule has 0 aliphatic carbocycles. The van der Waals surface area contributed by atoms with Gasteiger partial charge in [-0.15, -0.1) is 11.8 Å². The normalized spacial score (nSPS) is 11.5. The van der Waals surface area contributed by atoms with Gasteiger partial charge in [0.2, 0.25) is 5.82 Å². The van der Waals surface area contributed by atoms with E-state index >= 15 is 0 Å². The Bertz CT molecular complexity index is 617. The molecule has 112 valence electrons. The Morgan fingerprint density at radius 3 is 2.43 bits per heavy atom. The monoisotopic (exact) mass is 333 g/mol. The maximum Gasteiger partial charge on any atom is 0.451 e. The van der Waals surface area contributed by atoms with E-state index in [0.717, 1.165) is 5.56 Å². The number of halogens is 4. The standard InChI is InChI=1S/C13H11ClF3N3S/c1-18-10-6-11(20-12(19-10)13(15,16)17)21-7-8-2-4-9(14)5-3-8/h2-6H,7H2,1H3,(H,18,19,20). The van der Waals surface area contributed by atoms with Crippen molar-refractivity contribution in [3.8, 4) is 0 Å². The second kappa shape index (κ2) is 6.53. The number of thioether (sulfide) groups is 1. The van der Waals surface area contributed by atoms with E-state index in [1.165, 1.54) is 24.9 Å². The molecule has 0 saturated carbocycles. The van der Waals surface area contributed by atoms with Crippen LogP contribution in [-0.2, 0) is 11.9 Å². The van der Waals surface area contributed by atoms with E-state index in [-0.39, 0.29) is 10.8 Å². The summed E-state index contributed by atoms with van der Waals surface area (Å²) in [5.74, 6) is -0.516. The molecule has 3 nitrogen and oxygen atoms in total. The molecule has 0 saturated heterocycles. The van der Waals surface area contributed by atoms with Gasteiger partial charge in [-0.2, -0.15) is 13.2 Å². The van der Waals surface area contributed by atoms with E-state index in [1.54, 1.807) is 12.1 Å². The van der Waals surface area contributed by atoms with Crippen molar-refractivity contribution in [3.05, 3.63) is 46.7 Å². The molecule has 0 aliphatic heterocycles. The molecule has 0 unspecified atom stereocenters. The van der Waals surface area contributed by atoms with Crippen molar-refractivity contribution < 1.29 is 13.2 Å². The van der Waals surface area contributed by atoms with Crippen molar-refractivity contribution >= 4 is 29.2 Å². The summed E-state index contributed by atoms with van der Waals surface area (Å²) in [6, 6.07) is 8.59. The van der Waals surface area contributed by atoms with Crippen LogP contribution < -0.4 is 5.32 Å². The molecular weight excluding hydrogens is 323 g/mol. The zero-order chi connectivity index (χ0) is 15.5. The average Bonchev–Trinajstić information content (AvgIpc) is 2.45. The minimum Gasteiger partial charge on any atom is -0.373 e. The Balaban J connectivity index is 2.17. The number of rotatable bonds is 4. The fourth-order valence-corrected chi connectivity index (χ4v) is 2.47. The van der Waals surface area contributed by atoms with Crippen LogP contribution >= 0.6 is 23.4 Å². The molecule has 0 amide bonds. The van der Waals surface area contributed by atoms with Crippen molar-refractivity contribution in [1.82, 2.24) is 9.97 Å². The molecule has 1 heterocycles. The van der Waals surface area contributed by atoms with E-state index in [1.807, 2.05) is 12.1 Å². The summed E-state index contributed by atoms with van der Waals surface area (Å²) in [4.78, 5) is 6.96. The number of aromatic nitrogens is 2. The van der Waals surface area contributed by atoms with Crippen LogP contribution in [0, 0.1) is 0 Å². The van der Waals surface area contributed by atoms with Crippen molar-refractivity contribution in [3.63, 3.8) is 0 Å². The predicted molar refractivity (Wildman–Crippen MR) is 77.6 cm³/mol. The molecule has 1 aromatic carbocycles. The Labute approximate surface area is 128 Å². The molecule has 0 spiro atoms. The van der Waals surface area contributed by atoms with Crippen LogP contribution in [0.4, 0.5) is 19.0 Å². The van der Waals surface area contributed by atoms with Gasteiger partial charge in [0.1, 0.15) is 10.8 Å². The van der Waals surface area contributed by atoms with E-state index < -0.39 is 12.0 Å². The van der Waals surface area contributed by atoms with E-state index in [4.69, 9.17) is 11.6 Å². The van der Waals surface area contributed by atoms with Gasteiger partial charge < -0.3 is 5.32 Å². The molecule has 8 heteroatoms. The summed E-state index contributed by atoms with van der Waals surface area (Å²) < 4.78 is 38.1. The van der Waals surface area contributed by atoms with E-state index in [9.17, 15) is 13.2 Å². The highest BCUT2D eigenvalue weighted by atomic mass is 35.5. The third kappa shape index (κ3) is 4.50. The lowest BCUT2D eigenvalue weighted by Crippen LogP contribution is -2.12. The lowest BCUT2D eigenvalue weighted by molar-refractivity contribution is -0.145. The Morgan fingerprint density at radius 2 is 1.86 bits per heavy atom. The summed E-state index contributed by atoms with van der Waals surface area (Å²) in [6.07, 6.45) is -4.57. The minimum absolute atomic E-state index is 0.135. The van der Waals surface area contributed by atoms with Crippen molar-refractivity contribution in [1.29, 1.82) is 0 Å². The highest BCUT2D eigenvalue weighted by Crippen LogP contribution is 2.30. The molecule has 0 radical (unpaired) electrons. The first kappa shape index (κ1) is 15.9. The number of nitrogens with zero attached hydrogens (tertiary/aromatic N) is 2. The third-order valence-electron chi connectivity index (χ3n) is 2.51. The molecule has 0 atom stereocenters. The van der Waals surface area contributed by atoms with Crippen LogP contribution in [0.3, 0.4) is 0 Å². The average molecular weight is 334 g/mol. The van der Waals surface area contributed by atoms with Gasteiger partial charge in [0.25, 0.3) is 0 Å². The first-order valence-electron chi connectivity index (χ1n) is 5.90. The van der Waals surface area contributed by atoms with Gasteiger partial charge in [0.15, 0.2) is 0 Å². The number of hydrogen-bond acceptors (Lipinski definition) is 4. The van der Waals surface area contributed by atoms with Crippen molar-refractivity contribution in [2.24, 2.45) is 0 Å². The second-order valence-corrected chi connectivity index (χ2v) is 5.51. The Kier molecular flexibility index (Phi) is 4.95. The minimum atomic E-state index is -4.57. The van der Waals surface area contributed by atoms with Crippen LogP contribution in [0.1, 0.15) is 11.4 Å². The SMILES string of the molecule is CNc1cc(SCc2ccc(Cl)cc2)nc(C(F)(F)F)n1. The molecular formula is C13H11ClF3N3S. The summed E-state index contributed by atoms with van der Waals surface area (Å²) in [7, 11) is 1.51. The fraction of sp³-hybridized carbons (Fsp3) is 0.231. The molecule has 0 aliphatic rings. The van der Waals surface area contributed by atoms with E-state index in [0.29, 0.717) is 10.8 Å². The Hall–Kier alpha value is -1.47. The van der Waals surface area contributed by atoms with Gasteiger partial charge >= 0.3 is 6.18 Å². The number of hydrogen-bond donors (Lipinski definition) is 1. The zero-order valence-electron chi connectivity index (χ0n) is 10.9. The van der Waals surface area contributed by atoms with E-state index in [2.05, 4.69) is 15.3 Å². The summed E-state index contributed by atoms with van der Waals surface area (Å²) in [5, 5.41) is 3.48. The van der Waals surface area contributed by atoms with Gasteiger partial charge in [0, 0.05) is 23.9 Å². The van der Waals surface area contributed by atoms with Gasteiger partial charge in [-0.25, -0.2) is 9.97 Å². The smallest absolute Gasteiger partial charge is 0.373 e. The molecule has 0 fully saturated rings. The molecule has 0 bridgehead atoms. The molecule has 2 aromatic rings. The molecule has 1 N–H and O–H groups in total. The molecule has 21 heavy (non-hydrogen) atoms. The number of nitrogens with one attached hydrogen (secondary N) is 1. The lowest BCUT2D eigenvalue weighted by Gasteiger charge is -2.09. The van der Waals surface area contributed by atoms with Gasteiger partial charge in [-0.3, -0.25) is 0 Å². The number of anilines is 1. The van der Waals surface area contributed by atoms with Crippen LogP contribution in [0.15, 0.2) is 35.4 Å². The van der Waals surface area contributed by atoms with Crippen LogP contribution in [0.5, 0.6) is 0 Å². The molecule has 2 rings (SSSR count). The van der Waals surface area contributed by atoms with Crippen LogP contribution in [0.25, 0.3) is 0 Å². The van der Waals surface area contributed by atoms with Crippen molar-refractivity contribution in [2.45, 2.75) is 17.0 Å². The predicted octanol–water partition coefficient (Wildman–Crippen LogP) is 4.48. The topological polar surface area (TPSA) is 37.8 Å². The maximum absolute atomic E-state index is 12.7. The quantitative estimate of drug-likeness (QED) is 0.661. The first-order valence-corrected chi connectivity index (χ1v) is 7.26. The third-order valence-corrected chi connectivity index (χ3v) is 3.75. The first-order chi connectivity index (χ1) is 9.88. The second-order valence-electron chi connectivity index (χ2n) is 4.08. The molecule has 1 aromatic heterocycles. The highest BCUT2D eigenvalue weighted by Gasteiger charge is 2.35.